The first kappa shape index (κ1) is 15.1. The molecule has 1 atom stereocenters. The van der Waals surface area contributed by atoms with Crippen LogP contribution < -0.4 is 5.32 Å². The van der Waals surface area contributed by atoms with Crippen molar-refractivity contribution >= 4 is 28.9 Å². The van der Waals surface area contributed by atoms with E-state index in [1.807, 2.05) is 6.92 Å². The van der Waals surface area contributed by atoms with Crippen molar-refractivity contribution < 1.29 is 9.50 Å². The van der Waals surface area contributed by atoms with Crippen LogP contribution in [-0.4, -0.2) is 11.7 Å². The largest absolute Gasteiger partial charge is 0.394 e. The Balaban J connectivity index is 2.32. The van der Waals surface area contributed by atoms with Gasteiger partial charge >= 0.3 is 0 Å². The molecule has 0 aliphatic heterocycles. The van der Waals surface area contributed by atoms with E-state index in [-0.39, 0.29) is 11.6 Å². The number of benzene rings is 2. The first-order valence-corrected chi connectivity index (χ1v) is 6.80. The molecule has 20 heavy (non-hydrogen) atoms. The SMILES string of the molecule is CC(CO)(Nc1ccc(Cl)cc1)c1ccc(F)c(Cl)c1. The van der Waals surface area contributed by atoms with Crippen molar-refractivity contribution in [3.8, 4) is 0 Å². The fourth-order valence-electron chi connectivity index (χ4n) is 1.89. The van der Waals surface area contributed by atoms with E-state index in [9.17, 15) is 9.50 Å². The van der Waals surface area contributed by atoms with Gasteiger partial charge in [-0.3, -0.25) is 0 Å². The van der Waals surface area contributed by atoms with E-state index in [4.69, 9.17) is 23.2 Å². The van der Waals surface area contributed by atoms with Gasteiger partial charge < -0.3 is 10.4 Å². The van der Waals surface area contributed by atoms with Crippen LogP contribution in [0.5, 0.6) is 0 Å². The first-order valence-electron chi connectivity index (χ1n) is 6.05. The van der Waals surface area contributed by atoms with Gasteiger partial charge in [-0.25, -0.2) is 4.39 Å². The number of aliphatic hydroxyl groups is 1. The van der Waals surface area contributed by atoms with Crippen LogP contribution in [0.4, 0.5) is 10.1 Å². The molecule has 0 saturated heterocycles. The lowest BCUT2D eigenvalue weighted by Gasteiger charge is -2.30. The van der Waals surface area contributed by atoms with Gasteiger partial charge in [-0.2, -0.15) is 0 Å². The van der Waals surface area contributed by atoms with Crippen LogP contribution >= 0.6 is 23.2 Å². The van der Waals surface area contributed by atoms with Gasteiger partial charge in [-0.15, -0.1) is 0 Å². The number of anilines is 1. The highest BCUT2D eigenvalue weighted by atomic mass is 35.5. The Labute approximate surface area is 127 Å². The second kappa shape index (κ2) is 6.00. The van der Waals surface area contributed by atoms with Crippen molar-refractivity contribution in [2.45, 2.75) is 12.5 Å². The fraction of sp³-hybridized carbons (Fsp3) is 0.200. The van der Waals surface area contributed by atoms with Crippen molar-refractivity contribution in [1.29, 1.82) is 0 Å². The highest BCUT2D eigenvalue weighted by Gasteiger charge is 2.26. The molecule has 0 bridgehead atoms. The fourth-order valence-corrected chi connectivity index (χ4v) is 2.20. The standard InChI is InChI=1S/C15H14Cl2FNO/c1-15(9-20,10-2-7-14(18)13(17)8-10)19-12-5-3-11(16)4-6-12/h2-8,19-20H,9H2,1H3. The molecule has 2 N–H and O–H groups in total. The third-order valence-corrected chi connectivity index (χ3v) is 3.68. The summed E-state index contributed by atoms with van der Waals surface area (Å²) < 4.78 is 13.2. The average molecular weight is 314 g/mol. The van der Waals surface area contributed by atoms with Crippen LogP contribution in [0.3, 0.4) is 0 Å². The van der Waals surface area contributed by atoms with E-state index < -0.39 is 11.4 Å². The van der Waals surface area contributed by atoms with Gasteiger partial charge in [0.1, 0.15) is 5.82 Å². The molecular formula is C15H14Cl2FNO. The lowest BCUT2D eigenvalue weighted by molar-refractivity contribution is 0.224. The molecule has 0 spiro atoms. The van der Waals surface area contributed by atoms with E-state index in [0.717, 1.165) is 5.69 Å². The summed E-state index contributed by atoms with van der Waals surface area (Å²) >= 11 is 11.6. The lowest BCUT2D eigenvalue weighted by atomic mass is 9.92. The van der Waals surface area contributed by atoms with Gasteiger partial charge in [0, 0.05) is 10.7 Å². The summed E-state index contributed by atoms with van der Waals surface area (Å²) in [4.78, 5) is 0. The van der Waals surface area contributed by atoms with E-state index in [0.29, 0.717) is 10.6 Å². The second-order valence-corrected chi connectivity index (χ2v) is 5.59. The Morgan fingerprint density at radius 1 is 1.15 bits per heavy atom. The molecule has 2 aromatic carbocycles. The summed E-state index contributed by atoms with van der Waals surface area (Å²) in [7, 11) is 0. The first-order chi connectivity index (χ1) is 9.44. The summed E-state index contributed by atoms with van der Waals surface area (Å²) in [6, 6.07) is 11.5. The maximum absolute atomic E-state index is 13.2. The molecule has 2 rings (SSSR count). The van der Waals surface area contributed by atoms with Gasteiger partial charge in [0.2, 0.25) is 0 Å². The Bertz CT molecular complexity index is 603. The van der Waals surface area contributed by atoms with E-state index in [1.165, 1.54) is 12.1 Å². The summed E-state index contributed by atoms with van der Waals surface area (Å²) in [6.45, 7) is 1.64. The maximum Gasteiger partial charge on any atom is 0.141 e. The molecule has 0 fully saturated rings. The molecule has 0 aliphatic carbocycles. The van der Waals surface area contributed by atoms with Gasteiger partial charge in [-0.1, -0.05) is 29.3 Å². The Kier molecular flexibility index (Phi) is 4.53. The number of hydrogen-bond acceptors (Lipinski definition) is 2. The molecule has 1 unspecified atom stereocenters. The van der Waals surface area contributed by atoms with Crippen LogP contribution in [0.25, 0.3) is 0 Å². The van der Waals surface area contributed by atoms with Gasteiger partial charge in [0.25, 0.3) is 0 Å². The van der Waals surface area contributed by atoms with E-state index in [2.05, 4.69) is 5.32 Å². The molecule has 106 valence electrons. The zero-order valence-corrected chi connectivity index (χ0v) is 12.3. The number of nitrogens with one attached hydrogen (secondary N) is 1. The molecule has 0 amide bonds. The summed E-state index contributed by atoms with van der Waals surface area (Å²) in [6.07, 6.45) is 0. The Morgan fingerprint density at radius 2 is 1.80 bits per heavy atom. The van der Waals surface area contributed by atoms with Gasteiger partial charge in [0.05, 0.1) is 17.2 Å². The van der Waals surface area contributed by atoms with Crippen molar-refractivity contribution in [3.05, 3.63) is 63.9 Å². The van der Waals surface area contributed by atoms with Crippen molar-refractivity contribution in [2.24, 2.45) is 0 Å². The minimum atomic E-state index is -0.773. The minimum Gasteiger partial charge on any atom is -0.394 e. The second-order valence-electron chi connectivity index (χ2n) is 4.75. The zero-order chi connectivity index (χ0) is 14.8. The average Bonchev–Trinajstić information content (AvgIpc) is 2.44. The van der Waals surface area contributed by atoms with Crippen molar-refractivity contribution in [3.63, 3.8) is 0 Å². The van der Waals surface area contributed by atoms with Crippen LogP contribution in [0.1, 0.15) is 12.5 Å². The third kappa shape index (κ3) is 3.23. The number of hydrogen-bond donors (Lipinski definition) is 2. The van der Waals surface area contributed by atoms with Gasteiger partial charge in [-0.05, 0) is 48.9 Å². The highest BCUT2D eigenvalue weighted by molar-refractivity contribution is 6.31. The molecule has 0 heterocycles. The Hall–Kier alpha value is -1.29. The normalized spacial score (nSPS) is 13.8. The molecular weight excluding hydrogens is 300 g/mol. The van der Waals surface area contributed by atoms with Crippen molar-refractivity contribution in [2.75, 3.05) is 11.9 Å². The van der Waals surface area contributed by atoms with Crippen LogP contribution in [0, 0.1) is 5.82 Å². The summed E-state index contributed by atoms with van der Waals surface area (Å²) in [5.74, 6) is -0.484. The van der Waals surface area contributed by atoms with Crippen LogP contribution in [-0.2, 0) is 5.54 Å². The predicted octanol–water partition coefficient (Wildman–Crippen LogP) is 4.45. The summed E-state index contributed by atoms with van der Waals surface area (Å²) in [5.41, 5.74) is 0.721. The number of aliphatic hydroxyl groups excluding tert-OH is 1. The van der Waals surface area contributed by atoms with Crippen LogP contribution in [0.2, 0.25) is 10.0 Å². The molecule has 5 heteroatoms. The molecule has 0 radical (unpaired) electrons. The van der Waals surface area contributed by atoms with E-state index in [1.54, 1.807) is 30.3 Å². The lowest BCUT2D eigenvalue weighted by Crippen LogP contribution is -2.35. The van der Waals surface area contributed by atoms with Crippen molar-refractivity contribution in [1.82, 2.24) is 0 Å². The molecule has 0 aromatic heterocycles. The minimum absolute atomic E-state index is 0.0279. The topological polar surface area (TPSA) is 32.3 Å². The molecule has 2 nitrogen and oxygen atoms in total. The van der Waals surface area contributed by atoms with E-state index >= 15 is 0 Å². The smallest absolute Gasteiger partial charge is 0.141 e. The Morgan fingerprint density at radius 3 is 2.35 bits per heavy atom. The van der Waals surface area contributed by atoms with Gasteiger partial charge in [0.15, 0.2) is 0 Å². The molecule has 2 aromatic rings. The molecule has 0 saturated carbocycles. The zero-order valence-electron chi connectivity index (χ0n) is 10.8. The predicted molar refractivity (Wildman–Crippen MR) is 80.9 cm³/mol. The number of rotatable bonds is 4. The maximum atomic E-state index is 13.2. The quantitative estimate of drug-likeness (QED) is 0.874. The highest BCUT2D eigenvalue weighted by Crippen LogP contribution is 2.29. The third-order valence-electron chi connectivity index (χ3n) is 3.14. The monoisotopic (exact) mass is 313 g/mol. The molecule has 0 aliphatic rings. The number of halogens is 3. The summed E-state index contributed by atoms with van der Waals surface area (Å²) in [5, 5.41) is 13.6. The van der Waals surface area contributed by atoms with Crippen LogP contribution in [0.15, 0.2) is 42.5 Å².